The highest BCUT2D eigenvalue weighted by Gasteiger charge is 2.23. The molecule has 3 rings (SSSR count). The van der Waals surface area contributed by atoms with Crippen molar-refractivity contribution >= 4 is 22.4 Å². The van der Waals surface area contributed by atoms with Crippen LogP contribution in [0.15, 0.2) is 30.3 Å². The summed E-state index contributed by atoms with van der Waals surface area (Å²) in [6.45, 7) is 3.37. The predicted octanol–water partition coefficient (Wildman–Crippen LogP) is 2.23. The second kappa shape index (κ2) is 6.87. The molecule has 0 radical (unpaired) electrons. The van der Waals surface area contributed by atoms with Crippen LogP contribution in [0.2, 0.25) is 0 Å². The molecule has 0 unspecified atom stereocenters. The molecule has 2 aromatic rings. The van der Waals surface area contributed by atoms with Crippen molar-refractivity contribution in [3.63, 3.8) is 0 Å². The third-order valence-electron chi connectivity index (χ3n) is 3.75. The lowest BCUT2D eigenvalue weighted by Gasteiger charge is -2.32. The maximum atomic E-state index is 11.2. The summed E-state index contributed by atoms with van der Waals surface area (Å²) in [6, 6.07) is 10.5. The van der Waals surface area contributed by atoms with Gasteiger partial charge in [0.2, 0.25) is 11.0 Å². The van der Waals surface area contributed by atoms with Crippen LogP contribution < -0.4 is 10.2 Å². The molecule has 1 aliphatic rings. The number of carbonyl (C=O) groups excluding carboxylic acids is 1. The van der Waals surface area contributed by atoms with E-state index in [9.17, 15) is 4.79 Å². The van der Waals surface area contributed by atoms with Crippen molar-refractivity contribution in [3.05, 3.63) is 40.9 Å². The first-order valence-corrected chi connectivity index (χ1v) is 8.41. The van der Waals surface area contributed by atoms with E-state index >= 15 is 0 Å². The van der Waals surface area contributed by atoms with E-state index in [1.807, 2.05) is 18.2 Å². The van der Waals surface area contributed by atoms with Gasteiger partial charge in [-0.25, -0.2) is 0 Å². The Kier molecular flexibility index (Phi) is 4.68. The molecule has 1 atom stereocenters. The fourth-order valence-corrected chi connectivity index (χ4v) is 3.68. The molecule has 1 saturated heterocycles. The molecule has 1 aromatic heterocycles. The summed E-state index contributed by atoms with van der Waals surface area (Å²) in [5, 5.41) is 13.6. The molecule has 5 nitrogen and oxygen atoms in total. The van der Waals surface area contributed by atoms with Crippen LogP contribution in [0, 0.1) is 0 Å². The quantitative estimate of drug-likeness (QED) is 0.940. The molecule has 0 saturated carbocycles. The zero-order chi connectivity index (χ0) is 15.4. The van der Waals surface area contributed by atoms with Gasteiger partial charge < -0.3 is 10.2 Å². The lowest BCUT2D eigenvalue weighted by atomic mass is 10.1. The summed E-state index contributed by atoms with van der Waals surface area (Å²) in [6.07, 6.45) is 2.92. The Morgan fingerprint density at radius 1 is 1.36 bits per heavy atom. The summed E-state index contributed by atoms with van der Waals surface area (Å²) < 4.78 is 0. The second-order valence-electron chi connectivity index (χ2n) is 5.63. The van der Waals surface area contributed by atoms with Crippen LogP contribution in [0.3, 0.4) is 0 Å². The highest BCUT2D eigenvalue weighted by molar-refractivity contribution is 7.15. The summed E-state index contributed by atoms with van der Waals surface area (Å²) in [7, 11) is 0. The fraction of sp³-hybridized carbons (Fsp3) is 0.438. The van der Waals surface area contributed by atoms with Crippen LogP contribution in [0.1, 0.15) is 30.3 Å². The number of hydrogen-bond donors (Lipinski definition) is 1. The second-order valence-corrected chi connectivity index (χ2v) is 6.67. The molecule has 0 spiro atoms. The largest absolute Gasteiger partial charge is 0.352 e. The Morgan fingerprint density at radius 3 is 2.95 bits per heavy atom. The Hall–Kier alpha value is -1.95. The highest BCUT2D eigenvalue weighted by atomic mass is 32.1. The fourth-order valence-electron chi connectivity index (χ4n) is 2.77. The van der Waals surface area contributed by atoms with Gasteiger partial charge in [0.25, 0.3) is 0 Å². The molecular formula is C16H20N4OS. The van der Waals surface area contributed by atoms with E-state index in [0.29, 0.717) is 0 Å². The molecular weight excluding hydrogens is 296 g/mol. The number of anilines is 1. The zero-order valence-electron chi connectivity index (χ0n) is 12.7. The van der Waals surface area contributed by atoms with E-state index in [-0.39, 0.29) is 11.9 Å². The first-order chi connectivity index (χ1) is 10.7. The van der Waals surface area contributed by atoms with Crippen LogP contribution in [0.25, 0.3) is 0 Å². The summed E-state index contributed by atoms with van der Waals surface area (Å²) in [5.41, 5.74) is 1.25. The normalized spacial score (nSPS) is 18.2. The maximum absolute atomic E-state index is 11.2. The van der Waals surface area contributed by atoms with Crippen LogP contribution in [-0.2, 0) is 11.2 Å². The molecule has 0 bridgehead atoms. The van der Waals surface area contributed by atoms with Crippen molar-refractivity contribution in [1.29, 1.82) is 0 Å². The van der Waals surface area contributed by atoms with Crippen molar-refractivity contribution in [2.24, 2.45) is 0 Å². The number of hydrogen-bond acceptors (Lipinski definition) is 5. The third kappa shape index (κ3) is 3.82. The molecule has 1 aromatic carbocycles. The van der Waals surface area contributed by atoms with E-state index in [1.54, 1.807) is 18.3 Å². The molecule has 0 aliphatic carbocycles. The minimum Gasteiger partial charge on any atom is -0.352 e. The standard InChI is InChI=1S/C16H20N4OS/c1-12(21)17-14-8-5-9-20(11-14)16-19-18-15(22-16)10-13-6-3-2-4-7-13/h2-4,6-7,14H,5,8-11H2,1H3,(H,17,21)/t14-/m0/s1. The average Bonchev–Trinajstić information content (AvgIpc) is 2.96. The third-order valence-corrected chi connectivity index (χ3v) is 4.74. The summed E-state index contributed by atoms with van der Waals surface area (Å²) >= 11 is 1.65. The van der Waals surface area contributed by atoms with Crippen molar-refractivity contribution in [2.75, 3.05) is 18.0 Å². The number of rotatable bonds is 4. The predicted molar refractivity (Wildman–Crippen MR) is 88.2 cm³/mol. The van der Waals surface area contributed by atoms with E-state index < -0.39 is 0 Å². The van der Waals surface area contributed by atoms with Gasteiger partial charge in [0.15, 0.2) is 0 Å². The van der Waals surface area contributed by atoms with Crippen LogP contribution in [0.5, 0.6) is 0 Å². The Balaban J connectivity index is 1.64. The van der Waals surface area contributed by atoms with Gasteiger partial charge in [-0.05, 0) is 18.4 Å². The number of nitrogens with zero attached hydrogens (tertiary/aromatic N) is 3. The van der Waals surface area contributed by atoms with E-state index in [1.165, 1.54) is 5.56 Å². The number of nitrogens with one attached hydrogen (secondary N) is 1. The van der Waals surface area contributed by atoms with E-state index in [2.05, 4.69) is 32.5 Å². The average molecular weight is 316 g/mol. The number of aromatic nitrogens is 2. The first kappa shape index (κ1) is 15.0. The van der Waals surface area contributed by atoms with E-state index in [0.717, 1.165) is 42.5 Å². The number of piperidine rings is 1. The summed E-state index contributed by atoms with van der Waals surface area (Å²) in [4.78, 5) is 13.4. The lowest BCUT2D eigenvalue weighted by molar-refractivity contribution is -0.119. The van der Waals surface area contributed by atoms with E-state index in [4.69, 9.17) is 0 Å². The van der Waals surface area contributed by atoms with Gasteiger partial charge in [0.05, 0.1) is 0 Å². The van der Waals surface area contributed by atoms with Gasteiger partial charge in [-0.2, -0.15) is 0 Å². The maximum Gasteiger partial charge on any atom is 0.217 e. The van der Waals surface area contributed by atoms with Gasteiger partial charge in [0.1, 0.15) is 5.01 Å². The van der Waals surface area contributed by atoms with Gasteiger partial charge in [-0.15, -0.1) is 10.2 Å². The highest BCUT2D eigenvalue weighted by Crippen LogP contribution is 2.25. The minimum atomic E-state index is 0.0360. The molecule has 1 aliphatic heterocycles. The summed E-state index contributed by atoms with van der Waals surface area (Å²) in [5.74, 6) is 0.0360. The van der Waals surface area contributed by atoms with Crippen molar-refractivity contribution in [2.45, 2.75) is 32.2 Å². The van der Waals surface area contributed by atoms with Gasteiger partial charge in [-0.1, -0.05) is 41.7 Å². The van der Waals surface area contributed by atoms with Crippen LogP contribution >= 0.6 is 11.3 Å². The monoisotopic (exact) mass is 316 g/mol. The minimum absolute atomic E-state index is 0.0360. The zero-order valence-corrected chi connectivity index (χ0v) is 13.5. The SMILES string of the molecule is CC(=O)N[C@H]1CCCN(c2nnc(Cc3ccccc3)s2)C1. The molecule has 116 valence electrons. The number of carbonyl (C=O) groups is 1. The molecule has 2 heterocycles. The first-order valence-electron chi connectivity index (χ1n) is 7.59. The molecule has 1 amide bonds. The van der Waals surface area contributed by atoms with Gasteiger partial charge in [-0.3, -0.25) is 4.79 Å². The van der Waals surface area contributed by atoms with Crippen molar-refractivity contribution in [1.82, 2.24) is 15.5 Å². The number of amides is 1. The van der Waals surface area contributed by atoms with Crippen molar-refractivity contribution < 1.29 is 4.79 Å². The Morgan fingerprint density at radius 2 is 2.18 bits per heavy atom. The van der Waals surface area contributed by atoms with Crippen LogP contribution in [-0.4, -0.2) is 35.2 Å². The smallest absolute Gasteiger partial charge is 0.217 e. The Labute approximate surface area is 134 Å². The number of benzene rings is 1. The Bertz CT molecular complexity index is 628. The van der Waals surface area contributed by atoms with Crippen LogP contribution in [0.4, 0.5) is 5.13 Å². The molecule has 22 heavy (non-hydrogen) atoms. The van der Waals surface area contributed by atoms with Crippen molar-refractivity contribution in [3.8, 4) is 0 Å². The van der Waals surface area contributed by atoms with Gasteiger partial charge >= 0.3 is 0 Å². The molecule has 1 fully saturated rings. The molecule has 6 heteroatoms. The van der Waals surface area contributed by atoms with Gasteiger partial charge in [0, 0.05) is 32.5 Å². The topological polar surface area (TPSA) is 58.1 Å². The molecule has 1 N–H and O–H groups in total. The lowest BCUT2D eigenvalue weighted by Crippen LogP contribution is -2.47.